The van der Waals surface area contributed by atoms with Gasteiger partial charge in [0.05, 0.1) is 0 Å². The van der Waals surface area contributed by atoms with Crippen molar-refractivity contribution >= 4 is 28.1 Å². The SMILES string of the molecule is CC(C)(C)OC(=O)N[C@H]1CC[C@H](NC(=O)Oc2ccc(Br)nn2)CC1. The number of halogens is 1. The lowest BCUT2D eigenvalue weighted by atomic mass is 9.91. The third-order valence-electron chi connectivity index (χ3n) is 3.57. The number of hydrogen-bond donors (Lipinski definition) is 2. The Balaban J connectivity index is 1.70. The van der Waals surface area contributed by atoms with Crippen molar-refractivity contribution in [3.8, 4) is 5.88 Å². The molecule has 1 heterocycles. The zero-order chi connectivity index (χ0) is 18.4. The standard InChI is InChI=1S/C16H23BrN4O4/c1-16(2,3)25-15(23)19-11-6-4-10(5-7-11)18-14(22)24-13-9-8-12(17)20-21-13/h8-11H,4-7H2,1-3H3,(H,18,22)(H,19,23)/t10-,11-. The van der Waals surface area contributed by atoms with Crippen LogP contribution in [0.5, 0.6) is 5.88 Å². The molecular weight excluding hydrogens is 392 g/mol. The lowest BCUT2D eigenvalue weighted by Gasteiger charge is -2.30. The van der Waals surface area contributed by atoms with Gasteiger partial charge in [-0.2, -0.15) is 0 Å². The highest BCUT2D eigenvalue weighted by Crippen LogP contribution is 2.20. The van der Waals surface area contributed by atoms with Crippen LogP contribution in [-0.4, -0.2) is 40.1 Å². The fourth-order valence-electron chi connectivity index (χ4n) is 2.51. The van der Waals surface area contributed by atoms with Crippen LogP contribution < -0.4 is 15.4 Å². The van der Waals surface area contributed by atoms with Crippen LogP contribution in [-0.2, 0) is 4.74 Å². The topological polar surface area (TPSA) is 102 Å². The molecule has 0 unspecified atom stereocenters. The molecule has 9 heteroatoms. The summed E-state index contributed by atoms with van der Waals surface area (Å²) in [5.74, 6) is 0.140. The highest BCUT2D eigenvalue weighted by Gasteiger charge is 2.26. The largest absolute Gasteiger partial charge is 0.444 e. The Labute approximate surface area is 155 Å². The van der Waals surface area contributed by atoms with Crippen molar-refractivity contribution in [2.45, 2.75) is 64.1 Å². The van der Waals surface area contributed by atoms with Gasteiger partial charge in [0.15, 0.2) is 0 Å². The zero-order valence-corrected chi connectivity index (χ0v) is 16.1. The van der Waals surface area contributed by atoms with Crippen molar-refractivity contribution in [1.82, 2.24) is 20.8 Å². The highest BCUT2D eigenvalue weighted by atomic mass is 79.9. The summed E-state index contributed by atoms with van der Waals surface area (Å²) in [6, 6.07) is 3.26. The molecule has 1 aromatic rings. The number of nitrogens with one attached hydrogen (secondary N) is 2. The molecule has 0 spiro atoms. The number of carbonyl (C=O) groups is 2. The number of ether oxygens (including phenoxy) is 2. The molecule has 2 amide bonds. The van der Waals surface area contributed by atoms with E-state index in [1.165, 1.54) is 0 Å². The predicted octanol–water partition coefficient (Wildman–Crippen LogP) is 3.16. The van der Waals surface area contributed by atoms with Gasteiger partial charge in [-0.15, -0.1) is 10.2 Å². The Hall–Kier alpha value is -1.90. The second-order valence-corrected chi connectivity index (χ2v) is 7.74. The van der Waals surface area contributed by atoms with Crippen molar-refractivity contribution in [1.29, 1.82) is 0 Å². The molecule has 1 aliphatic carbocycles. The maximum absolute atomic E-state index is 11.9. The van der Waals surface area contributed by atoms with Crippen LogP contribution >= 0.6 is 15.9 Å². The van der Waals surface area contributed by atoms with E-state index in [0.29, 0.717) is 4.60 Å². The number of hydrogen-bond acceptors (Lipinski definition) is 6. The summed E-state index contributed by atoms with van der Waals surface area (Å²) >= 11 is 3.16. The van der Waals surface area contributed by atoms with Crippen LogP contribution in [0.4, 0.5) is 9.59 Å². The summed E-state index contributed by atoms with van der Waals surface area (Å²) in [6.07, 6.45) is 2.07. The molecule has 1 saturated carbocycles. The molecular formula is C16H23BrN4O4. The van der Waals surface area contributed by atoms with Gasteiger partial charge in [0, 0.05) is 18.2 Å². The third-order valence-corrected chi connectivity index (χ3v) is 4.00. The molecule has 138 valence electrons. The minimum absolute atomic E-state index is 0.00703. The third kappa shape index (κ3) is 7.25. The van der Waals surface area contributed by atoms with Crippen LogP contribution in [0.2, 0.25) is 0 Å². The number of aromatic nitrogens is 2. The first kappa shape index (κ1) is 19.4. The van der Waals surface area contributed by atoms with Crippen molar-refractivity contribution in [2.75, 3.05) is 0 Å². The smallest absolute Gasteiger partial charge is 0.414 e. The second-order valence-electron chi connectivity index (χ2n) is 6.92. The summed E-state index contributed by atoms with van der Waals surface area (Å²) in [5, 5.41) is 13.2. The van der Waals surface area contributed by atoms with Crippen molar-refractivity contribution < 1.29 is 19.1 Å². The summed E-state index contributed by atoms with van der Waals surface area (Å²) in [7, 11) is 0. The first-order chi connectivity index (χ1) is 11.7. The second kappa shape index (κ2) is 8.46. The molecule has 0 bridgehead atoms. The fraction of sp³-hybridized carbons (Fsp3) is 0.625. The summed E-state index contributed by atoms with van der Waals surface area (Å²) in [4.78, 5) is 23.7. The molecule has 0 aliphatic heterocycles. The average Bonchev–Trinajstić information content (AvgIpc) is 2.49. The Bertz CT molecular complexity index is 595. The lowest BCUT2D eigenvalue weighted by Crippen LogP contribution is -2.45. The van der Waals surface area contributed by atoms with E-state index >= 15 is 0 Å². The van der Waals surface area contributed by atoms with Crippen LogP contribution in [0, 0.1) is 0 Å². The van der Waals surface area contributed by atoms with E-state index in [0.717, 1.165) is 25.7 Å². The van der Waals surface area contributed by atoms with E-state index in [4.69, 9.17) is 9.47 Å². The van der Waals surface area contributed by atoms with Gasteiger partial charge in [-0.05, 0) is 68.5 Å². The molecule has 8 nitrogen and oxygen atoms in total. The van der Waals surface area contributed by atoms with Gasteiger partial charge >= 0.3 is 12.2 Å². The molecule has 2 rings (SSSR count). The summed E-state index contributed by atoms with van der Waals surface area (Å²) < 4.78 is 10.9. The molecule has 0 saturated heterocycles. The van der Waals surface area contributed by atoms with E-state index in [2.05, 4.69) is 36.8 Å². The van der Waals surface area contributed by atoms with Crippen LogP contribution in [0.15, 0.2) is 16.7 Å². The van der Waals surface area contributed by atoms with Gasteiger partial charge in [0.1, 0.15) is 10.2 Å². The average molecular weight is 415 g/mol. The monoisotopic (exact) mass is 414 g/mol. The number of nitrogens with zero attached hydrogens (tertiary/aromatic N) is 2. The van der Waals surface area contributed by atoms with Crippen molar-refractivity contribution in [3.63, 3.8) is 0 Å². The first-order valence-corrected chi connectivity index (χ1v) is 8.97. The van der Waals surface area contributed by atoms with E-state index in [-0.39, 0.29) is 18.0 Å². The molecule has 1 aliphatic rings. The maximum atomic E-state index is 11.9. The van der Waals surface area contributed by atoms with E-state index in [1.807, 2.05) is 20.8 Å². The molecule has 0 atom stereocenters. The number of alkyl carbamates (subject to hydrolysis) is 1. The van der Waals surface area contributed by atoms with Gasteiger partial charge < -0.3 is 20.1 Å². The molecule has 0 radical (unpaired) electrons. The minimum atomic E-state index is -0.555. The normalized spacial score (nSPS) is 20.5. The molecule has 1 aromatic heterocycles. The highest BCUT2D eigenvalue weighted by molar-refractivity contribution is 9.10. The Morgan fingerprint density at radius 1 is 1.04 bits per heavy atom. The van der Waals surface area contributed by atoms with Gasteiger partial charge in [0.25, 0.3) is 0 Å². The molecule has 25 heavy (non-hydrogen) atoms. The number of carbonyl (C=O) groups excluding carboxylic acids is 2. The van der Waals surface area contributed by atoms with Gasteiger partial charge in [-0.1, -0.05) is 0 Å². The van der Waals surface area contributed by atoms with Gasteiger partial charge in [0.2, 0.25) is 5.88 Å². The van der Waals surface area contributed by atoms with E-state index in [9.17, 15) is 9.59 Å². The lowest BCUT2D eigenvalue weighted by molar-refractivity contribution is 0.0489. The number of amides is 2. The van der Waals surface area contributed by atoms with Crippen molar-refractivity contribution in [2.24, 2.45) is 0 Å². The fourth-order valence-corrected chi connectivity index (χ4v) is 2.72. The summed E-state index contributed by atoms with van der Waals surface area (Å²) in [5.41, 5.74) is -0.511. The van der Waals surface area contributed by atoms with Gasteiger partial charge in [-0.25, -0.2) is 9.59 Å². The quantitative estimate of drug-likeness (QED) is 0.786. The number of rotatable bonds is 3. The van der Waals surface area contributed by atoms with Gasteiger partial charge in [-0.3, -0.25) is 0 Å². The Kier molecular flexibility index (Phi) is 6.57. The van der Waals surface area contributed by atoms with Crippen LogP contribution in [0.3, 0.4) is 0 Å². The molecule has 2 N–H and O–H groups in total. The molecule has 1 fully saturated rings. The zero-order valence-electron chi connectivity index (χ0n) is 14.5. The summed E-state index contributed by atoms with van der Waals surface area (Å²) in [6.45, 7) is 5.48. The maximum Gasteiger partial charge on any atom is 0.414 e. The minimum Gasteiger partial charge on any atom is -0.444 e. The van der Waals surface area contributed by atoms with Crippen molar-refractivity contribution in [3.05, 3.63) is 16.7 Å². The van der Waals surface area contributed by atoms with E-state index < -0.39 is 17.8 Å². The first-order valence-electron chi connectivity index (χ1n) is 8.18. The Morgan fingerprint density at radius 2 is 1.60 bits per heavy atom. The molecule has 0 aromatic carbocycles. The Morgan fingerprint density at radius 3 is 2.08 bits per heavy atom. The van der Waals surface area contributed by atoms with Crippen LogP contribution in [0.1, 0.15) is 46.5 Å². The van der Waals surface area contributed by atoms with Crippen LogP contribution in [0.25, 0.3) is 0 Å². The predicted molar refractivity (Wildman–Crippen MR) is 94.3 cm³/mol. The van der Waals surface area contributed by atoms with E-state index in [1.54, 1.807) is 12.1 Å².